The van der Waals surface area contributed by atoms with E-state index in [1.54, 1.807) is 30.5 Å². The summed E-state index contributed by atoms with van der Waals surface area (Å²) in [6.07, 6.45) is 3.50. The standard InChI is InChI=1S/C15H16FN3O/c1-10(8-11-4-2-3-5-13(11)16)19-14-6-7-18-9-12(14)15(17)20/h2-7,9-10H,8H2,1H3,(H2,17,20)(H,18,19). The largest absolute Gasteiger partial charge is 0.382 e. The average Bonchev–Trinajstić information content (AvgIpc) is 2.41. The van der Waals surface area contributed by atoms with Gasteiger partial charge in [0.1, 0.15) is 5.82 Å². The van der Waals surface area contributed by atoms with Crippen LogP contribution in [0.2, 0.25) is 0 Å². The Bertz CT molecular complexity index is 616. The number of nitrogens with zero attached hydrogens (tertiary/aromatic N) is 1. The van der Waals surface area contributed by atoms with Crippen molar-refractivity contribution in [3.05, 3.63) is 59.7 Å². The molecule has 3 N–H and O–H groups in total. The van der Waals surface area contributed by atoms with E-state index in [2.05, 4.69) is 10.3 Å². The van der Waals surface area contributed by atoms with Gasteiger partial charge in [-0.2, -0.15) is 0 Å². The molecule has 0 radical (unpaired) electrons. The Morgan fingerprint density at radius 3 is 2.85 bits per heavy atom. The number of hydrogen-bond acceptors (Lipinski definition) is 3. The van der Waals surface area contributed by atoms with E-state index in [1.807, 2.05) is 6.92 Å². The van der Waals surface area contributed by atoms with Gasteiger partial charge in [0.05, 0.1) is 11.3 Å². The monoisotopic (exact) mass is 273 g/mol. The van der Waals surface area contributed by atoms with Gasteiger partial charge in [0.25, 0.3) is 5.91 Å². The molecule has 0 saturated carbocycles. The van der Waals surface area contributed by atoms with E-state index in [-0.39, 0.29) is 11.9 Å². The van der Waals surface area contributed by atoms with Crippen LogP contribution in [0.1, 0.15) is 22.8 Å². The van der Waals surface area contributed by atoms with E-state index >= 15 is 0 Å². The van der Waals surface area contributed by atoms with E-state index in [0.717, 1.165) is 0 Å². The van der Waals surface area contributed by atoms with Crippen LogP contribution in [0.4, 0.5) is 10.1 Å². The molecule has 0 aliphatic heterocycles. The zero-order chi connectivity index (χ0) is 14.5. The minimum atomic E-state index is -0.543. The third-order valence-corrected chi connectivity index (χ3v) is 2.97. The van der Waals surface area contributed by atoms with Gasteiger partial charge in [-0.25, -0.2) is 4.39 Å². The predicted octanol–water partition coefficient (Wildman–Crippen LogP) is 2.36. The third kappa shape index (κ3) is 3.32. The number of primary amides is 1. The van der Waals surface area contributed by atoms with Crippen LogP contribution in [0, 0.1) is 5.82 Å². The van der Waals surface area contributed by atoms with Crippen molar-refractivity contribution in [2.45, 2.75) is 19.4 Å². The fourth-order valence-corrected chi connectivity index (χ4v) is 2.03. The SMILES string of the molecule is CC(Cc1ccccc1F)Nc1ccncc1C(N)=O. The second-order valence-electron chi connectivity index (χ2n) is 4.63. The number of carbonyl (C=O) groups excluding carboxylic acids is 1. The maximum Gasteiger partial charge on any atom is 0.252 e. The molecule has 1 amide bonds. The first-order valence-electron chi connectivity index (χ1n) is 6.31. The van der Waals surface area contributed by atoms with Crippen molar-refractivity contribution in [1.29, 1.82) is 0 Å². The fraction of sp³-hybridized carbons (Fsp3) is 0.200. The quantitative estimate of drug-likeness (QED) is 0.878. The van der Waals surface area contributed by atoms with E-state index in [0.29, 0.717) is 23.2 Å². The predicted molar refractivity (Wildman–Crippen MR) is 75.9 cm³/mol. The molecule has 0 saturated heterocycles. The van der Waals surface area contributed by atoms with Gasteiger partial charge in [-0.3, -0.25) is 9.78 Å². The summed E-state index contributed by atoms with van der Waals surface area (Å²) in [5.41, 5.74) is 6.85. The van der Waals surface area contributed by atoms with E-state index < -0.39 is 5.91 Å². The van der Waals surface area contributed by atoms with E-state index in [9.17, 15) is 9.18 Å². The fourth-order valence-electron chi connectivity index (χ4n) is 2.03. The Kier molecular flexibility index (Phi) is 4.30. The minimum Gasteiger partial charge on any atom is -0.382 e. The number of benzene rings is 1. The van der Waals surface area contributed by atoms with Crippen LogP contribution in [0.3, 0.4) is 0 Å². The van der Waals surface area contributed by atoms with Crippen molar-refractivity contribution in [2.24, 2.45) is 5.73 Å². The molecular weight excluding hydrogens is 257 g/mol. The summed E-state index contributed by atoms with van der Waals surface area (Å²) in [7, 11) is 0. The summed E-state index contributed by atoms with van der Waals surface area (Å²) >= 11 is 0. The summed E-state index contributed by atoms with van der Waals surface area (Å²) in [6.45, 7) is 1.91. The molecule has 1 heterocycles. The lowest BCUT2D eigenvalue weighted by atomic mass is 10.1. The van der Waals surface area contributed by atoms with Crippen LogP contribution in [0.15, 0.2) is 42.7 Å². The first kappa shape index (κ1) is 14.0. The summed E-state index contributed by atoms with van der Waals surface area (Å²) < 4.78 is 13.6. The number of rotatable bonds is 5. The summed E-state index contributed by atoms with van der Waals surface area (Å²) in [6, 6.07) is 8.26. The topological polar surface area (TPSA) is 68.0 Å². The molecular formula is C15H16FN3O. The number of nitrogens with one attached hydrogen (secondary N) is 1. The van der Waals surface area contributed by atoms with Gasteiger partial charge in [0.15, 0.2) is 0 Å². The highest BCUT2D eigenvalue weighted by Crippen LogP contribution is 2.16. The smallest absolute Gasteiger partial charge is 0.252 e. The van der Waals surface area contributed by atoms with Crippen LogP contribution >= 0.6 is 0 Å². The van der Waals surface area contributed by atoms with Crippen molar-refractivity contribution in [1.82, 2.24) is 4.98 Å². The molecule has 5 heteroatoms. The molecule has 1 aromatic carbocycles. The van der Waals surface area contributed by atoms with Gasteiger partial charge >= 0.3 is 0 Å². The second kappa shape index (κ2) is 6.14. The zero-order valence-corrected chi connectivity index (χ0v) is 11.1. The van der Waals surface area contributed by atoms with Crippen LogP contribution in [-0.2, 0) is 6.42 Å². The lowest BCUT2D eigenvalue weighted by molar-refractivity contribution is 0.100. The number of hydrogen-bond donors (Lipinski definition) is 2. The molecule has 0 spiro atoms. The van der Waals surface area contributed by atoms with Crippen LogP contribution in [-0.4, -0.2) is 16.9 Å². The van der Waals surface area contributed by atoms with Gasteiger partial charge in [-0.1, -0.05) is 18.2 Å². The van der Waals surface area contributed by atoms with Crippen LogP contribution in [0.5, 0.6) is 0 Å². The molecule has 104 valence electrons. The highest BCUT2D eigenvalue weighted by atomic mass is 19.1. The van der Waals surface area contributed by atoms with E-state index in [4.69, 9.17) is 5.73 Å². The van der Waals surface area contributed by atoms with Crippen LogP contribution in [0.25, 0.3) is 0 Å². The van der Waals surface area contributed by atoms with E-state index in [1.165, 1.54) is 12.3 Å². The number of anilines is 1. The molecule has 20 heavy (non-hydrogen) atoms. The summed E-state index contributed by atoms with van der Waals surface area (Å²) in [4.78, 5) is 15.2. The molecule has 4 nitrogen and oxygen atoms in total. The van der Waals surface area contributed by atoms with Crippen molar-refractivity contribution in [3.63, 3.8) is 0 Å². The average molecular weight is 273 g/mol. The molecule has 1 unspecified atom stereocenters. The van der Waals surface area contributed by atoms with Crippen molar-refractivity contribution >= 4 is 11.6 Å². The minimum absolute atomic E-state index is 0.0487. The Morgan fingerprint density at radius 1 is 1.40 bits per heavy atom. The number of aromatic nitrogens is 1. The molecule has 1 atom stereocenters. The van der Waals surface area contributed by atoms with Gasteiger partial charge < -0.3 is 11.1 Å². The Labute approximate surface area is 116 Å². The lowest BCUT2D eigenvalue weighted by Crippen LogP contribution is -2.22. The molecule has 2 aromatic rings. The first-order valence-corrected chi connectivity index (χ1v) is 6.31. The number of nitrogens with two attached hydrogens (primary N) is 1. The highest BCUT2D eigenvalue weighted by Gasteiger charge is 2.12. The Hall–Kier alpha value is -2.43. The third-order valence-electron chi connectivity index (χ3n) is 2.97. The summed E-state index contributed by atoms with van der Waals surface area (Å²) in [5, 5.41) is 3.16. The molecule has 1 aromatic heterocycles. The molecule has 0 aliphatic rings. The van der Waals surface area contributed by atoms with Crippen molar-refractivity contribution in [2.75, 3.05) is 5.32 Å². The molecule has 0 bridgehead atoms. The Morgan fingerprint density at radius 2 is 2.15 bits per heavy atom. The number of halogens is 1. The maximum absolute atomic E-state index is 13.6. The maximum atomic E-state index is 13.6. The molecule has 2 rings (SSSR count). The normalized spacial score (nSPS) is 11.9. The zero-order valence-electron chi connectivity index (χ0n) is 11.1. The highest BCUT2D eigenvalue weighted by molar-refractivity contribution is 5.98. The number of pyridine rings is 1. The number of carbonyl (C=O) groups is 1. The first-order chi connectivity index (χ1) is 9.58. The molecule has 0 aliphatic carbocycles. The van der Waals surface area contributed by atoms with Crippen LogP contribution < -0.4 is 11.1 Å². The van der Waals surface area contributed by atoms with Gasteiger partial charge in [-0.15, -0.1) is 0 Å². The second-order valence-corrected chi connectivity index (χ2v) is 4.63. The molecule has 0 fully saturated rings. The lowest BCUT2D eigenvalue weighted by Gasteiger charge is -2.17. The summed E-state index contributed by atoms with van der Waals surface area (Å²) in [5.74, 6) is -0.773. The van der Waals surface area contributed by atoms with Gasteiger partial charge in [0, 0.05) is 18.4 Å². The number of amides is 1. The van der Waals surface area contributed by atoms with Gasteiger partial charge in [-0.05, 0) is 31.0 Å². The van der Waals surface area contributed by atoms with Gasteiger partial charge in [0.2, 0.25) is 0 Å². The van der Waals surface area contributed by atoms with Crippen molar-refractivity contribution in [3.8, 4) is 0 Å². The van der Waals surface area contributed by atoms with Crippen molar-refractivity contribution < 1.29 is 9.18 Å². The Balaban J connectivity index is 2.11.